The quantitative estimate of drug-likeness (QED) is 0.478. The van der Waals surface area contributed by atoms with Crippen LogP contribution in [-0.4, -0.2) is 74.7 Å². The summed E-state index contributed by atoms with van der Waals surface area (Å²) in [6.45, 7) is 3.56. The van der Waals surface area contributed by atoms with Gasteiger partial charge < -0.3 is 20.0 Å². The van der Waals surface area contributed by atoms with Crippen molar-refractivity contribution in [3.8, 4) is 0 Å². The van der Waals surface area contributed by atoms with Crippen LogP contribution in [0.5, 0.6) is 0 Å². The smallest absolute Gasteiger partial charge is 0.335 e. The van der Waals surface area contributed by atoms with Crippen LogP contribution >= 0.6 is 0 Å². The summed E-state index contributed by atoms with van der Waals surface area (Å²) < 4.78 is 13.2. The molecule has 1 spiro atoms. The molecule has 7 nitrogen and oxygen atoms in total. The van der Waals surface area contributed by atoms with Crippen LogP contribution in [0.2, 0.25) is 0 Å². The summed E-state index contributed by atoms with van der Waals surface area (Å²) in [5, 5.41) is 19.9. The number of carbonyl (C=O) groups is 2. The second-order valence-corrected chi connectivity index (χ2v) is 11.5. The molecule has 2 heterocycles. The molecule has 210 valence electrons. The molecule has 2 saturated heterocycles. The monoisotopic (exact) mass is 537 g/mol. The number of piperidine rings is 1. The van der Waals surface area contributed by atoms with Crippen LogP contribution in [0.3, 0.4) is 0 Å². The molecule has 39 heavy (non-hydrogen) atoms. The highest BCUT2D eigenvalue weighted by Crippen LogP contribution is 2.41. The third kappa shape index (κ3) is 6.18. The van der Waals surface area contributed by atoms with Crippen molar-refractivity contribution in [2.75, 3.05) is 26.3 Å². The standard InChI is InChI=1S/C31H40FN3O4/c32-26-13-11-24(12-14-26)28(36)10-5-17-33-18-15-31(16-19-33)30(39)34(22-35(31)27-8-2-1-3-9-27)21-23-6-4-7-25(20-23)29(37)38/h4,6-7,11-14,20,27-28,36H,1-3,5,8-10,15-19,21-22H2,(H,37,38). The summed E-state index contributed by atoms with van der Waals surface area (Å²) in [7, 11) is 0. The van der Waals surface area contributed by atoms with Gasteiger partial charge in [0.15, 0.2) is 0 Å². The van der Waals surface area contributed by atoms with Crippen LogP contribution in [0.15, 0.2) is 48.5 Å². The van der Waals surface area contributed by atoms with Crippen LogP contribution in [0, 0.1) is 5.82 Å². The molecule has 3 fully saturated rings. The van der Waals surface area contributed by atoms with Gasteiger partial charge in [0.25, 0.3) is 0 Å². The van der Waals surface area contributed by atoms with E-state index in [-0.39, 0.29) is 17.3 Å². The first-order valence-electron chi connectivity index (χ1n) is 14.4. The Bertz CT molecular complexity index is 1140. The Morgan fingerprint density at radius 1 is 1.05 bits per heavy atom. The number of amides is 1. The number of hydrogen-bond donors (Lipinski definition) is 2. The van der Waals surface area contributed by atoms with Gasteiger partial charge in [-0.1, -0.05) is 43.5 Å². The van der Waals surface area contributed by atoms with E-state index in [0.29, 0.717) is 25.7 Å². The Kier molecular flexibility index (Phi) is 8.64. The fourth-order valence-electron chi connectivity index (χ4n) is 6.81. The number of aliphatic hydroxyl groups excluding tert-OH is 1. The average molecular weight is 538 g/mol. The number of rotatable bonds is 9. The SMILES string of the molecule is O=C(O)c1cccc(CN2CN(C3CCCCC3)C3(CCN(CCCC(O)c4ccc(F)cc4)CC3)C2=O)c1. The fraction of sp³-hybridized carbons (Fsp3) is 0.548. The lowest BCUT2D eigenvalue weighted by atomic mass is 9.82. The zero-order chi connectivity index (χ0) is 27.4. The molecule has 1 amide bonds. The van der Waals surface area contributed by atoms with Crippen molar-refractivity contribution in [1.29, 1.82) is 0 Å². The van der Waals surface area contributed by atoms with E-state index >= 15 is 0 Å². The molecule has 1 unspecified atom stereocenters. The van der Waals surface area contributed by atoms with E-state index < -0.39 is 17.6 Å². The zero-order valence-electron chi connectivity index (χ0n) is 22.6. The van der Waals surface area contributed by atoms with Gasteiger partial charge in [0.1, 0.15) is 11.4 Å². The van der Waals surface area contributed by atoms with Gasteiger partial charge in [0.2, 0.25) is 5.91 Å². The topological polar surface area (TPSA) is 84.3 Å². The minimum Gasteiger partial charge on any atom is -0.478 e. The van der Waals surface area contributed by atoms with Gasteiger partial charge in [0, 0.05) is 25.7 Å². The predicted octanol–water partition coefficient (Wildman–Crippen LogP) is 4.81. The Labute approximate surface area is 230 Å². The van der Waals surface area contributed by atoms with Gasteiger partial charge in [-0.2, -0.15) is 0 Å². The van der Waals surface area contributed by atoms with Crippen LogP contribution in [0.25, 0.3) is 0 Å². The van der Waals surface area contributed by atoms with Gasteiger partial charge >= 0.3 is 5.97 Å². The first kappa shape index (κ1) is 27.7. The lowest BCUT2D eigenvalue weighted by molar-refractivity contribution is -0.137. The summed E-state index contributed by atoms with van der Waals surface area (Å²) in [6, 6.07) is 13.4. The van der Waals surface area contributed by atoms with E-state index in [9.17, 15) is 24.2 Å². The summed E-state index contributed by atoms with van der Waals surface area (Å²) in [5.41, 5.74) is 1.34. The van der Waals surface area contributed by atoms with Gasteiger partial charge in [-0.05, 0) is 80.5 Å². The molecule has 2 aliphatic heterocycles. The van der Waals surface area contributed by atoms with Gasteiger partial charge in [-0.15, -0.1) is 0 Å². The molecule has 1 aliphatic carbocycles. The summed E-state index contributed by atoms with van der Waals surface area (Å²) in [5.74, 6) is -1.08. The first-order valence-corrected chi connectivity index (χ1v) is 14.4. The highest BCUT2D eigenvalue weighted by atomic mass is 19.1. The number of aliphatic hydroxyl groups is 1. The third-order valence-corrected chi connectivity index (χ3v) is 9.01. The third-order valence-electron chi connectivity index (χ3n) is 9.01. The molecule has 0 aromatic heterocycles. The van der Waals surface area contributed by atoms with Crippen LogP contribution in [-0.2, 0) is 11.3 Å². The zero-order valence-corrected chi connectivity index (χ0v) is 22.6. The summed E-state index contributed by atoms with van der Waals surface area (Å²) >= 11 is 0. The fourth-order valence-corrected chi connectivity index (χ4v) is 6.81. The number of aromatic carboxylic acids is 1. The molecule has 1 atom stereocenters. The molecule has 2 aromatic carbocycles. The molecule has 2 aromatic rings. The molecular formula is C31H40FN3O4. The maximum absolute atomic E-state index is 14.0. The van der Waals surface area contributed by atoms with Gasteiger partial charge in [-0.25, -0.2) is 9.18 Å². The molecular weight excluding hydrogens is 497 g/mol. The van der Waals surface area contributed by atoms with Crippen molar-refractivity contribution < 1.29 is 24.2 Å². The second-order valence-electron chi connectivity index (χ2n) is 11.5. The van der Waals surface area contributed by atoms with E-state index in [2.05, 4.69) is 9.80 Å². The first-order chi connectivity index (χ1) is 18.9. The second kappa shape index (κ2) is 12.1. The van der Waals surface area contributed by atoms with Crippen molar-refractivity contribution in [2.45, 2.75) is 82.0 Å². The number of halogens is 1. The van der Waals surface area contributed by atoms with E-state index in [1.165, 1.54) is 31.4 Å². The lowest BCUT2D eigenvalue weighted by Gasteiger charge is -2.46. The van der Waals surface area contributed by atoms with E-state index in [0.717, 1.165) is 62.9 Å². The maximum Gasteiger partial charge on any atom is 0.335 e. The van der Waals surface area contributed by atoms with Crippen LogP contribution < -0.4 is 0 Å². The maximum atomic E-state index is 14.0. The van der Waals surface area contributed by atoms with Crippen LogP contribution in [0.4, 0.5) is 4.39 Å². The normalized spacial score (nSPS) is 21.5. The Morgan fingerprint density at radius 2 is 1.77 bits per heavy atom. The van der Waals surface area contributed by atoms with E-state index in [4.69, 9.17) is 0 Å². The minimum absolute atomic E-state index is 0.181. The molecule has 0 bridgehead atoms. The van der Waals surface area contributed by atoms with E-state index in [1.54, 1.807) is 30.3 Å². The summed E-state index contributed by atoms with van der Waals surface area (Å²) in [6.07, 6.45) is 8.33. The molecule has 5 rings (SSSR count). The predicted molar refractivity (Wildman–Crippen MR) is 147 cm³/mol. The molecule has 2 N–H and O–H groups in total. The molecule has 8 heteroatoms. The van der Waals surface area contributed by atoms with Crippen molar-refractivity contribution in [2.24, 2.45) is 0 Å². The molecule has 0 radical (unpaired) electrons. The van der Waals surface area contributed by atoms with Crippen molar-refractivity contribution in [3.05, 3.63) is 71.0 Å². The minimum atomic E-state index is -0.956. The van der Waals surface area contributed by atoms with Crippen molar-refractivity contribution in [1.82, 2.24) is 14.7 Å². The number of carboxylic acid groups (broad SMARTS) is 1. The highest BCUT2D eigenvalue weighted by Gasteiger charge is 2.55. The van der Waals surface area contributed by atoms with Crippen molar-refractivity contribution in [3.63, 3.8) is 0 Å². The highest BCUT2D eigenvalue weighted by molar-refractivity contribution is 5.89. The molecule has 1 saturated carbocycles. The van der Waals surface area contributed by atoms with Gasteiger partial charge in [-0.3, -0.25) is 9.69 Å². The largest absolute Gasteiger partial charge is 0.478 e. The Morgan fingerprint density at radius 3 is 2.46 bits per heavy atom. The number of carboxylic acids is 1. The number of nitrogens with zero attached hydrogens (tertiary/aromatic N) is 3. The van der Waals surface area contributed by atoms with Crippen molar-refractivity contribution >= 4 is 11.9 Å². The number of carbonyl (C=O) groups excluding carboxylic acids is 1. The number of hydrogen-bond acceptors (Lipinski definition) is 5. The molecule has 3 aliphatic rings. The number of likely N-dealkylation sites (tertiary alicyclic amines) is 1. The van der Waals surface area contributed by atoms with E-state index in [1.807, 2.05) is 11.0 Å². The Balaban J connectivity index is 1.22. The van der Waals surface area contributed by atoms with Crippen LogP contribution in [0.1, 0.15) is 85.4 Å². The number of benzene rings is 2. The van der Waals surface area contributed by atoms with Gasteiger partial charge in [0.05, 0.1) is 18.3 Å². The lowest BCUT2D eigenvalue weighted by Crippen LogP contribution is -2.59. The average Bonchev–Trinajstić information content (AvgIpc) is 3.21. The Hall–Kier alpha value is -2.81. The summed E-state index contributed by atoms with van der Waals surface area (Å²) in [4.78, 5) is 32.3.